The molecule has 17 heavy (non-hydrogen) atoms. The molecule has 0 aromatic carbocycles. The first-order valence-electron chi connectivity index (χ1n) is 6.02. The number of hydrogen-bond acceptors (Lipinski definition) is 4. The molecular weight excluding hydrogens is 218 g/mol. The van der Waals surface area contributed by atoms with E-state index in [1.807, 2.05) is 0 Å². The van der Waals surface area contributed by atoms with Crippen molar-refractivity contribution in [1.29, 1.82) is 0 Å². The largest absolute Gasteiger partial charge is 0.367 e. The van der Waals surface area contributed by atoms with Gasteiger partial charge in [0, 0.05) is 18.3 Å². The van der Waals surface area contributed by atoms with E-state index < -0.39 is 4.92 Å². The molecule has 1 N–H and O–H groups in total. The molecule has 1 fully saturated rings. The van der Waals surface area contributed by atoms with Crippen LogP contribution in [0.1, 0.15) is 32.6 Å². The lowest BCUT2D eigenvalue weighted by molar-refractivity contribution is -0.384. The van der Waals surface area contributed by atoms with Crippen LogP contribution in [-0.4, -0.2) is 15.9 Å². The van der Waals surface area contributed by atoms with Crippen LogP contribution in [0.3, 0.4) is 0 Å². The zero-order valence-corrected chi connectivity index (χ0v) is 9.93. The van der Waals surface area contributed by atoms with E-state index in [0.29, 0.717) is 11.9 Å². The first-order chi connectivity index (χ1) is 8.15. The topological polar surface area (TPSA) is 68.1 Å². The van der Waals surface area contributed by atoms with Crippen LogP contribution < -0.4 is 5.32 Å². The van der Waals surface area contributed by atoms with E-state index in [9.17, 15) is 10.1 Å². The van der Waals surface area contributed by atoms with Crippen molar-refractivity contribution < 1.29 is 4.92 Å². The van der Waals surface area contributed by atoms with Gasteiger partial charge in [0.25, 0.3) is 5.69 Å². The summed E-state index contributed by atoms with van der Waals surface area (Å²) >= 11 is 0. The van der Waals surface area contributed by atoms with Gasteiger partial charge < -0.3 is 5.32 Å². The van der Waals surface area contributed by atoms with Crippen LogP contribution >= 0.6 is 0 Å². The predicted octanol–water partition coefficient (Wildman–Crippen LogP) is 2.98. The molecule has 0 saturated heterocycles. The molecule has 0 aliphatic heterocycles. The fraction of sp³-hybridized carbons (Fsp3) is 0.583. The van der Waals surface area contributed by atoms with Crippen LogP contribution in [0.2, 0.25) is 0 Å². The van der Waals surface area contributed by atoms with E-state index in [-0.39, 0.29) is 5.69 Å². The lowest BCUT2D eigenvalue weighted by Gasteiger charge is -2.27. The first kappa shape index (κ1) is 11.8. The highest BCUT2D eigenvalue weighted by Gasteiger charge is 2.18. The number of rotatable bonds is 3. The number of nitrogens with one attached hydrogen (secondary N) is 1. The predicted molar refractivity (Wildman–Crippen MR) is 65.9 cm³/mol. The Balaban J connectivity index is 1.98. The monoisotopic (exact) mass is 235 g/mol. The van der Waals surface area contributed by atoms with Gasteiger partial charge in [-0.05, 0) is 31.6 Å². The third-order valence-corrected chi connectivity index (χ3v) is 3.32. The van der Waals surface area contributed by atoms with Gasteiger partial charge in [-0.25, -0.2) is 4.98 Å². The minimum atomic E-state index is -0.393. The van der Waals surface area contributed by atoms with E-state index in [0.717, 1.165) is 18.8 Å². The van der Waals surface area contributed by atoms with Crippen molar-refractivity contribution in [2.24, 2.45) is 5.92 Å². The maximum Gasteiger partial charge on any atom is 0.274 e. The lowest BCUT2D eigenvalue weighted by Crippen LogP contribution is -2.25. The zero-order valence-electron chi connectivity index (χ0n) is 9.93. The quantitative estimate of drug-likeness (QED) is 0.646. The average Bonchev–Trinajstić information content (AvgIpc) is 2.32. The molecule has 0 spiro atoms. The molecule has 5 heteroatoms. The summed E-state index contributed by atoms with van der Waals surface area (Å²) in [4.78, 5) is 14.4. The summed E-state index contributed by atoms with van der Waals surface area (Å²) in [5.74, 6) is 1.41. The van der Waals surface area contributed by atoms with Gasteiger partial charge in [-0.3, -0.25) is 10.1 Å². The fourth-order valence-electron chi connectivity index (χ4n) is 2.23. The smallest absolute Gasteiger partial charge is 0.274 e. The molecule has 1 aromatic heterocycles. The standard InChI is InChI=1S/C12H17N3O2/c1-9-2-4-10(5-3-9)14-12-8-11(15(16)17)6-7-13-12/h6-10H,2-5H2,1H3,(H,13,14). The van der Waals surface area contributed by atoms with E-state index in [2.05, 4.69) is 17.2 Å². The molecule has 0 radical (unpaired) electrons. The van der Waals surface area contributed by atoms with E-state index in [4.69, 9.17) is 0 Å². The van der Waals surface area contributed by atoms with Crippen molar-refractivity contribution in [3.63, 3.8) is 0 Å². The van der Waals surface area contributed by atoms with Crippen LogP contribution in [0, 0.1) is 16.0 Å². The van der Waals surface area contributed by atoms with Gasteiger partial charge in [-0.15, -0.1) is 0 Å². The molecule has 0 amide bonds. The summed E-state index contributed by atoms with van der Waals surface area (Å²) < 4.78 is 0. The van der Waals surface area contributed by atoms with E-state index in [1.54, 1.807) is 0 Å². The summed E-state index contributed by atoms with van der Waals surface area (Å²) in [5, 5.41) is 13.9. The molecule has 92 valence electrons. The van der Waals surface area contributed by atoms with Crippen molar-refractivity contribution in [1.82, 2.24) is 4.98 Å². The molecule has 0 atom stereocenters. The Morgan fingerprint density at radius 1 is 1.41 bits per heavy atom. The number of aromatic nitrogens is 1. The minimum Gasteiger partial charge on any atom is -0.367 e. The van der Waals surface area contributed by atoms with Crippen molar-refractivity contribution in [3.05, 3.63) is 28.4 Å². The van der Waals surface area contributed by atoms with Gasteiger partial charge in [-0.2, -0.15) is 0 Å². The highest BCUT2D eigenvalue weighted by molar-refractivity contribution is 5.44. The number of nitrogens with zero attached hydrogens (tertiary/aromatic N) is 2. The van der Waals surface area contributed by atoms with Crippen molar-refractivity contribution in [3.8, 4) is 0 Å². The summed E-state index contributed by atoms with van der Waals surface area (Å²) in [5.41, 5.74) is 0.0895. The van der Waals surface area contributed by atoms with Crippen molar-refractivity contribution in [2.75, 3.05) is 5.32 Å². The Kier molecular flexibility index (Phi) is 3.56. The lowest BCUT2D eigenvalue weighted by atomic mass is 9.87. The first-order valence-corrected chi connectivity index (χ1v) is 6.02. The molecule has 1 aliphatic rings. The van der Waals surface area contributed by atoms with Crippen LogP contribution in [0.15, 0.2) is 18.3 Å². The van der Waals surface area contributed by atoms with Crippen LogP contribution in [0.25, 0.3) is 0 Å². The molecule has 0 bridgehead atoms. The van der Waals surface area contributed by atoms with Gasteiger partial charge >= 0.3 is 0 Å². The second kappa shape index (κ2) is 5.12. The van der Waals surface area contributed by atoms with Crippen LogP contribution in [-0.2, 0) is 0 Å². The van der Waals surface area contributed by atoms with Gasteiger partial charge in [-0.1, -0.05) is 6.92 Å². The Morgan fingerprint density at radius 2 is 2.12 bits per heavy atom. The summed E-state index contributed by atoms with van der Waals surface area (Å²) in [6.45, 7) is 2.27. The minimum absolute atomic E-state index is 0.0895. The van der Waals surface area contributed by atoms with Crippen LogP contribution in [0.4, 0.5) is 11.5 Å². The molecule has 5 nitrogen and oxygen atoms in total. The SMILES string of the molecule is CC1CCC(Nc2cc([N+](=O)[O-])ccn2)CC1. The van der Waals surface area contributed by atoms with Gasteiger partial charge in [0.2, 0.25) is 0 Å². The Hall–Kier alpha value is -1.65. The average molecular weight is 235 g/mol. The number of anilines is 1. The normalized spacial score (nSPS) is 24.3. The molecule has 0 unspecified atom stereocenters. The summed E-state index contributed by atoms with van der Waals surface area (Å²) in [6.07, 6.45) is 6.14. The van der Waals surface area contributed by atoms with Gasteiger partial charge in [0.05, 0.1) is 11.0 Å². The summed E-state index contributed by atoms with van der Waals surface area (Å²) in [7, 11) is 0. The number of nitro groups is 1. The van der Waals surface area contributed by atoms with E-state index >= 15 is 0 Å². The Labute approximate surface area is 100 Å². The second-order valence-electron chi connectivity index (χ2n) is 4.76. The fourth-order valence-corrected chi connectivity index (χ4v) is 2.23. The highest BCUT2D eigenvalue weighted by atomic mass is 16.6. The highest BCUT2D eigenvalue weighted by Crippen LogP contribution is 2.26. The molecular formula is C12H17N3O2. The van der Waals surface area contributed by atoms with Gasteiger partial charge in [0.15, 0.2) is 0 Å². The van der Waals surface area contributed by atoms with Crippen LogP contribution in [0.5, 0.6) is 0 Å². The molecule has 1 aliphatic carbocycles. The maximum absolute atomic E-state index is 10.6. The zero-order chi connectivity index (χ0) is 12.3. The molecule has 1 heterocycles. The summed E-state index contributed by atoms with van der Waals surface area (Å²) in [6, 6.07) is 3.31. The van der Waals surface area contributed by atoms with E-state index in [1.165, 1.54) is 31.2 Å². The Bertz CT molecular complexity index is 400. The van der Waals surface area contributed by atoms with Gasteiger partial charge in [0.1, 0.15) is 5.82 Å². The molecule has 1 saturated carbocycles. The number of hydrogen-bond donors (Lipinski definition) is 1. The number of pyridine rings is 1. The second-order valence-corrected chi connectivity index (χ2v) is 4.76. The molecule has 2 rings (SSSR count). The third-order valence-electron chi connectivity index (χ3n) is 3.32. The third kappa shape index (κ3) is 3.15. The molecule has 1 aromatic rings. The maximum atomic E-state index is 10.6. The van der Waals surface area contributed by atoms with Crippen molar-refractivity contribution in [2.45, 2.75) is 38.6 Å². The van der Waals surface area contributed by atoms with Crippen molar-refractivity contribution >= 4 is 11.5 Å². The Morgan fingerprint density at radius 3 is 2.76 bits per heavy atom.